The quantitative estimate of drug-likeness (QED) is 0.840. The van der Waals surface area contributed by atoms with Crippen molar-refractivity contribution in [1.82, 2.24) is 0 Å². The molecule has 0 radical (unpaired) electrons. The fourth-order valence-corrected chi connectivity index (χ4v) is 2.29. The maximum absolute atomic E-state index is 6.08. The maximum Gasteiger partial charge on any atom is 0.143 e. The van der Waals surface area contributed by atoms with E-state index in [1.54, 1.807) is 20.3 Å². The monoisotopic (exact) mass is 355 g/mol. The Morgan fingerprint density at radius 3 is 2.30 bits per heavy atom. The molecule has 3 nitrogen and oxygen atoms in total. The standard InChI is InChI=1S/C15H15BrClNO2/c1-19-14-8-13(15(20-2)7-12(14)17)18-9-10-3-5-11(16)6-4-10/h3-8,18H,9H2,1-2H3. The van der Waals surface area contributed by atoms with Gasteiger partial charge in [-0.05, 0) is 17.7 Å². The van der Waals surface area contributed by atoms with Crippen molar-refractivity contribution < 1.29 is 9.47 Å². The van der Waals surface area contributed by atoms with Gasteiger partial charge in [-0.1, -0.05) is 39.7 Å². The molecule has 0 saturated heterocycles. The summed E-state index contributed by atoms with van der Waals surface area (Å²) in [4.78, 5) is 0. The Balaban J connectivity index is 2.17. The highest BCUT2D eigenvalue weighted by Crippen LogP contribution is 2.36. The number of hydrogen-bond acceptors (Lipinski definition) is 3. The zero-order chi connectivity index (χ0) is 14.5. The van der Waals surface area contributed by atoms with Crippen LogP contribution in [0.3, 0.4) is 0 Å². The van der Waals surface area contributed by atoms with Gasteiger partial charge in [0.15, 0.2) is 0 Å². The molecule has 2 aromatic rings. The minimum Gasteiger partial charge on any atom is -0.495 e. The number of nitrogens with one attached hydrogen (secondary N) is 1. The first-order chi connectivity index (χ1) is 9.63. The van der Waals surface area contributed by atoms with Gasteiger partial charge in [0.2, 0.25) is 0 Å². The number of hydrogen-bond donors (Lipinski definition) is 1. The van der Waals surface area contributed by atoms with E-state index in [2.05, 4.69) is 33.4 Å². The second kappa shape index (κ2) is 6.86. The third-order valence-electron chi connectivity index (χ3n) is 2.87. The van der Waals surface area contributed by atoms with Gasteiger partial charge < -0.3 is 14.8 Å². The zero-order valence-corrected chi connectivity index (χ0v) is 13.6. The summed E-state index contributed by atoms with van der Waals surface area (Å²) in [5.41, 5.74) is 2.01. The summed E-state index contributed by atoms with van der Waals surface area (Å²) in [6.07, 6.45) is 0. The van der Waals surface area contributed by atoms with Crippen LogP contribution in [0.25, 0.3) is 0 Å². The Morgan fingerprint density at radius 2 is 1.70 bits per heavy atom. The van der Waals surface area contributed by atoms with Crippen LogP contribution in [0.15, 0.2) is 40.9 Å². The summed E-state index contributed by atoms with van der Waals surface area (Å²) < 4.78 is 11.6. The average Bonchev–Trinajstić information content (AvgIpc) is 2.47. The second-order valence-electron chi connectivity index (χ2n) is 4.17. The fraction of sp³-hybridized carbons (Fsp3) is 0.200. The molecule has 1 N–H and O–H groups in total. The number of halogens is 2. The Morgan fingerprint density at radius 1 is 1.05 bits per heavy atom. The molecule has 0 saturated carbocycles. The zero-order valence-electron chi connectivity index (χ0n) is 11.2. The molecule has 0 amide bonds. The molecule has 0 bridgehead atoms. The highest BCUT2D eigenvalue weighted by atomic mass is 79.9. The molecule has 20 heavy (non-hydrogen) atoms. The molecule has 5 heteroatoms. The Hall–Kier alpha value is -1.39. The lowest BCUT2D eigenvalue weighted by atomic mass is 10.2. The van der Waals surface area contributed by atoms with Crippen molar-refractivity contribution in [3.8, 4) is 11.5 Å². The lowest BCUT2D eigenvalue weighted by Crippen LogP contribution is -2.02. The predicted molar refractivity (Wildman–Crippen MR) is 86.0 cm³/mol. The first kappa shape index (κ1) is 15.0. The van der Waals surface area contributed by atoms with Crippen LogP contribution < -0.4 is 14.8 Å². The van der Waals surface area contributed by atoms with Gasteiger partial charge in [0.1, 0.15) is 11.5 Å². The van der Waals surface area contributed by atoms with Gasteiger partial charge >= 0.3 is 0 Å². The molecule has 2 aromatic carbocycles. The number of ether oxygens (including phenoxy) is 2. The predicted octanol–water partition coefficient (Wildman–Crippen LogP) is 4.73. The van der Waals surface area contributed by atoms with Crippen LogP contribution in [-0.2, 0) is 6.54 Å². The number of methoxy groups -OCH3 is 2. The molecule has 0 atom stereocenters. The normalized spacial score (nSPS) is 10.2. The first-order valence-electron chi connectivity index (χ1n) is 6.04. The highest BCUT2D eigenvalue weighted by Gasteiger charge is 2.09. The summed E-state index contributed by atoms with van der Waals surface area (Å²) in [6.45, 7) is 0.689. The molecular weight excluding hydrogens is 342 g/mol. The van der Waals surface area contributed by atoms with E-state index in [0.717, 1.165) is 10.2 Å². The van der Waals surface area contributed by atoms with Gasteiger partial charge in [0, 0.05) is 23.2 Å². The van der Waals surface area contributed by atoms with E-state index in [4.69, 9.17) is 21.1 Å². The van der Waals surface area contributed by atoms with Crippen molar-refractivity contribution in [2.24, 2.45) is 0 Å². The summed E-state index contributed by atoms with van der Waals surface area (Å²) in [7, 11) is 3.20. The molecule has 106 valence electrons. The van der Waals surface area contributed by atoms with E-state index >= 15 is 0 Å². The fourth-order valence-electron chi connectivity index (χ4n) is 1.80. The minimum atomic E-state index is 0.526. The largest absolute Gasteiger partial charge is 0.495 e. The van der Waals surface area contributed by atoms with Crippen molar-refractivity contribution in [2.75, 3.05) is 19.5 Å². The van der Waals surface area contributed by atoms with Crippen LogP contribution in [0.4, 0.5) is 5.69 Å². The lowest BCUT2D eigenvalue weighted by Gasteiger charge is -2.14. The van der Waals surface area contributed by atoms with E-state index in [1.165, 1.54) is 5.56 Å². The van der Waals surface area contributed by atoms with Crippen LogP contribution >= 0.6 is 27.5 Å². The third kappa shape index (κ3) is 3.58. The lowest BCUT2D eigenvalue weighted by molar-refractivity contribution is 0.404. The summed E-state index contributed by atoms with van der Waals surface area (Å²) in [5.74, 6) is 1.30. The molecule has 0 heterocycles. The Labute approximate surface area is 132 Å². The van der Waals surface area contributed by atoms with Crippen LogP contribution in [-0.4, -0.2) is 14.2 Å². The molecule has 0 aliphatic rings. The molecule has 0 spiro atoms. The molecule has 0 unspecified atom stereocenters. The van der Waals surface area contributed by atoms with Gasteiger partial charge in [0.05, 0.1) is 24.9 Å². The molecule has 2 rings (SSSR count). The van der Waals surface area contributed by atoms with E-state index < -0.39 is 0 Å². The van der Waals surface area contributed by atoms with Crippen molar-refractivity contribution >= 4 is 33.2 Å². The Bertz CT molecular complexity index is 587. The van der Waals surface area contributed by atoms with E-state index in [0.29, 0.717) is 23.1 Å². The van der Waals surface area contributed by atoms with Crippen molar-refractivity contribution in [3.05, 3.63) is 51.5 Å². The van der Waals surface area contributed by atoms with Gasteiger partial charge in [-0.15, -0.1) is 0 Å². The molecule has 0 aromatic heterocycles. The van der Waals surface area contributed by atoms with E-state index in [-0.39, 0.29) is 0 Å². The number of benzene rings is 2. The van der Waals surface area contributed by atoms with Gasteiger partial charge in [0.25, 0.3) is 0 Å². The van der Waals surface area contributed by atoms with Crippen molar-refractivity contribution in [2.45, 2.75) is 6.54 Å². The SMILES string of the molecule is COc1cc(NCc2ccc(Br)cc2)c(OC)cc1Cl. The molecule has 0 aliphatic carbocycles. The smallest absolute Gasteiger partial charge is 0.143 e. The van der Waals surface area contributed by atoms with Crippen molar-refractivity contribution in [3.63, 3.8) is 0 Å². The molecule has 0 fully saturated rings. The topological polar surface area (TPSA) is 30.5 Å². The average molecular weight is 357 g/mol. The van der Waals surface area contributed by atoms with Crippen molar-refractivity contribution in [1.29, 1.82) is 0 Å². The summed E-state index contributed by atoms with van der Waals surface area (Å²) in [6, 6.07) is 11.7. The van der Waals surface area contributed by atoms with Crippen LogP contribution in [0.2, 0.25) is 5.02 Å². The maximum atomic E-state index is 6.08. The first-order valence-corrected chi connectivity index (χ1v) is 7.21. The summed E-state index contributed by atoms with van der Waals surface area (Å²) >= 11 is 9.50. The van der Waals surface area contributed by atoms with Gasteiger partial charge in [-0.25, -0.2) is 0 Å². The van der Waals surface area contributed by atoms with Crippen LogP contribution in [0.1, 0.15) is 5.56 Å². The van der Waals surface area contributed by atoms with Crippen LogP contribution in [0.5, 0.6) is 11.5 Å². The Kier molecular flexibility index (Phi) is 5.15. The van der Waals surface area contributed by atoms with Gasteiger partial charge in [-0.2, -0.15) is 0 Å². The molecule has 0 aliphatic heterocycles. The van der Waals surface area contributed by atoms with Gasteiger partial charge in [-0.3, -0.25) is 0 Å². The van der Waals surface area contributed by atoms with E-state index in [9.17, 15) is 0 Å². The van der Waals surface area contributed by atoms with Crippen LogP contribution in [0, 0.1) is 0 Å². The molecular formula is C15H15BrClNO2. The third-order valence-corrected chi connectivity index (χ3v) is 3.69. The second-order valence-corrected chi connectivity index (χ2v) is 5.49. The number of rotatable bonds is 5. The summed E-state index contributed by atoms with van der Waals surface area (Å²) in [5, 5.41) is 3.85. The highest BCUT2D eigenvalue weighted by molar-refractivity contribution is 9.10. The van der Waals surface area contributed by atoms with E-state index in [1.807, 2.05) is 18.2 Å². The minimum absolute atomic E-state index is 0.526. The number of anilines is 1.